The first kappa shape index (κ1) is 22.0. The molecule has 0 saturated heterocycles. The maximum atomic E-state index is 12.2. The molecule has 1 aromatic rings. The van der Waals surface area contributed by atoms with E-state index in [0.717, 1.165) is 37.3 Å². The fourth-order valence-corrected chi connectivity index (χ4v) is 3.70. The van der Waals surface area contributed by atoms with Crippen LogP contribution in [0.1, 0.15) is 59.3 Å². The van der Waals surface area contributed by atoms with Gasteiger partial charge in [0, 0.05) is 50.9 Å². The van der Waals surface area contributed by atoms with Crippen molar-refractivity contribution in [1.82, 2.24) is 5.32 Å². The number of anilines is 2. The Kier molecular flexibility index (Phi) is 9.05. The summed E-state index contributed by atoms with van der Waals surface area (Å²) < 4.78 is 0. The van der Waals surface area contributed by atoms with Crippen molar-refractivity contribution in [1.29, 1.82) is 0 Å². The number of amides is 2. The van der Waals surface area contributed by atoms with E-state index in [9.17, 15) is 9.59 Å². The average molecular weight is 386 g/mol. The number of nitrogens with zero attached hydrogens (tertiary/aromatic N) is 2. The molecule has 28 heavy (non-hydrogen) atoms. The lowest BCUT2D eigenvalue weighted by molar-refractivity contribution is -0.121. The zero-order valence-corrected chi connectivity index (χ0v) is 17.7. The van der Waals surface area contributed by atoms with E-state index in [-0.39, 0.29) is 11.8 Å². The highest BCUT2D eigenvalue weighted by atomic mass is 16.2. The second-order valence-electron chi connectivity index (χ2n) is 7.32. The number of nitrogens with one attached hydrogen (secondary N) is 1. The number of rotatable bonds is 10. The number of benzene rings is 1. The second-order valence-corrected chi connectivity index (χ2v) is 7.32. The first-order chi connectivity index (χ1) is 13.5. The molecular weight excluding hydrogens is 350 g/mol. The molecule has 0 atom stereocenters. The first-order valence-corrected chi connectivity index (χ1v) is 10.6. The molecule has 0 radical (unpaired) electrons. The third kappa shape index (κ3) is 6.70. The van der Waals surface area contributed by atoms with E-state index in [1.165, 1.54) is 24.8 Å². The molecule has 0 heterocycles. The predicted octanol–water partition coefficient (Wildman–Crippen LogP) is 4.28. The van der Waals surface area contributed by atoms with Crippen LogP contribution in [0.15, 0.2) is 35.9 Å². The minimum Gasteiger partial charge on any atom is -0.372 e. The SMILES string of the molecule is CCN(CC)c1ccc(N(CCC(=O)NCCC2=CCCCC2)C(C)=O)cc1. The lowest BCUT2D eigenvalue weighted by Crippen LogP contribution is -2.34. The maximum Gasteiger partial charge on any atom is 0.223 e. The molecule has 5 heteroatoms. The standard InChI is InChI=1S/C23H35N3O2/c1-4-25(5-2)21-11-13-22(14-12-21)26(19(3)27)18-16-23(28)24-17-15-20-9-7-6-8-10-20/h9,11-14H,4-8,10,15-18H2,1-3H3,(H,24,28). The minimum absolute atomic E-state index is 0.00224. The maximum absolute atomic E-state index is 12.2. The molecule has 0 aliphatic heterocycles. The Bertz CT molecular complexity index is 663. The van der Waals surface area contributed by atoms with Crippen LogP contribution in [0, 0.1) is 0 Å². The average Bonchev–Trinajstić information content (AvgIpc) is 2.70. The summed E-state index contributed by atoms with van der Waals surface area (Å²) in [4.78, 5) is 28.2. The van der Waals surface area contributed by atoms with Gasteiger partial charge in [0.2, 0.25) is 11.8 Å². The van der Waals surface area contributed by atoms with E-state index >= 15 is 0 Å². The van der Waals surface area contributed by atoms with Gasteiger partial charge in [-0.05, 0) is 70.2 Å². The molecular formula is C23H35N3O2. The highest BCUT2D eigenvalue weighted by molar-refractivity contribution is 5.92. The zero-order valence-electron chi connectivity index (χ0n) is 17.7. The number of hydrogen-bond donors (Lipinski definition) is 1. The summed E-state index contributed by atoms with van der Waals surface area (Å²) in [5, 5.41) is 2.99. The topological polar surface area (TPSA) is 52.6 Å². The molecule has 0 spiro atoms. The van der Waals surface area contributed by atoms with Crippen LogP contribution in [0.3, 0.4) is 0 Å². The van der Waals surface area contributed by atoms with Gasteiger partial charge >= 0.3 is 0 Å². The van der Waals surface area contributed by atoms with Crippen LogP contribution in [0.2, 0.25) is 0 Å². The second kappa shape index (κ2) is 11.5. The van der Waals surface area contributed by atoms with Crippen molar-refractivity contribution in [3.63, 3.8) is 0 Å². The quantitative estimate of drug-likeness (QED) is 0.612. The summed E-state index contributed by atoms with van der Waals surface area (Å²) in [5.74, 6) is -0.0434. The molecule has 154 valence electrons. The number of allylic oxidation sites excluding steroid dienone is 1. The van der Waals surface area contributed by atoms with Gasteiger partial charge in [0.25, 0.3) is 0 Å². The normalized spacial score (nSPS) is 13.6. The minimum atomic E-state index is -0.0456. The van der Waals surface area contributed by atoms with Crippen molar-refractivity contribution in [3.8, 4) is 0 Å². The molecule has 0 aromatic heterocycles. The molecule has 2 amide bonds. The summed E-state index contributed by atoms with van der Waals surface area (Å²) in [5.41, 5.74) is 3.45. The van der Waals surface area contributed by atoms with E-state index in [1.807, 2.05) is 24.3 Å². The zero-order chi connectivity index (χ0) is 20.4. The van der Waals surface area contributed by atoms with E-state index in [2.05, 4.69) is 30.1 Å². The van der Waals surface area contributed by atoms with Gasteiger partial charge in [0.1, 0.15) is 0 Å². The Morgan fingerprint density at radius 3 is 2.29 bits per heavy atom. The molecule has 0 unspecified atom stereocenters. The molecule has 1 aliphatic rings. The monoisotopic (exact) mass is 385 g/mol. The molecule has 1 N–H and O–H groups in total. The lowest BCUT2D eigenvalue weighted by Gasteiger charge is -2.24. The van der Waals surface area contributed by atoms with Gasteiger partial charge in [0.05, 0.1) is 0 Å². The summed E-state index contributed by atoms with van der Waals surface area (Å²) >= 11 is 0. The van der Waals surface area contributed by atoms with Gasteiger partial charge < -0.3 is 15.1 Å². The van der Waals surface area contributed by atoms with Gasteiger partial charge in [-0.3, -0.25) is 9.59 Å². The van der Waals surface area contributed by atoms with Crippen LogP contribution in [0.25, 0.3) is 0 Å². The molecule has 5 nitrogen and oxygen atoms in total. The fraction of sp³-hybridized carbons (Fsp3) is 0.565. The largest absolute Gasteiger partial charge is 0.372 e. The summed E-state index contributed by atoms with van der Waals surface area (Å²) in [6.45, 7) is 8.78. The smallest absolute Gasteiger partial charge is 0.223 e. The highest BCUT2D eigenvalue weighted by Crippen LogP contribution is 2.21. The highest BCUT2D eigenvalue weighted by Gasteiger charge is 2.14. The molecule has 0 bridgehead atoms. The van der Waals surface area contributed by atoms with Crippen LogP contribution in [0.5, 0.6) is 0 Å². The van der Waals surface area contributed by atoms with Gasteiger partial charge in [-0.2, -0.15) is 0 Å². The van der Waals surface area contributed by atoms with Crippen molar-refractivity contribution in [2.24, 2.45) is 0 Å². The van der Waals surface area contributed by atoms with Crippen molar-refractivity contribution in [2.45, 2.75) is 59.3 Å². The fourth-order valence-electron chi connectivity index (χ4n) is 3.70. The van der Waals surface area contributed by atoms with Crippen LogP contribution >= 0.6 is 0 Å². The van der Waals surface area contributed by atoms with E-state index in [4.69, 9.17) is 0 Å². The van der Waals surface area contributed by atoms with Gasteiger partial charge in [-0.25, -0.2) is 0 Å². The third-order valence-corrected chi connectivity index (χ3v) is 5.39. The Morgan fingerprint density at radius 1 is 1.04 bits per heavy atom. The molecule has 1 aliphatic carbocycles. The Hall–Kier alpha value is -2.30. The Balaban J connectivity index is 1.84. The van der Waals surface area contributed by atoms with Gasteiger partial charge in [0.15, 0.2) is 0 Å². The summed E-state index contributed by atoms with van der Waals surface area (Å²) in [7, 11) is 0. The van der Waals surface area contributed by atoms with Crippen molar-refractivity contribution >= 4 is 23.2 Å². The van der Waals surface area contributed by atoms with Crippen LogP contribution in [-0.4, -0.2) is 38.0 Å². The molecule has 0 saturated carbocycles. The van der Waals surface area contributed by atoms with E-state index < -0.39 is 0 Å². The van der Waals surface area contributed by atoms with E-state index in [1.54, 1.807) is 11.8 Å². The van der Waals surface area contributed by atoms with Gasteiger partial charge in [-0.15, -0.1) is 0 Å². The Labute approximate surface area is 169 Å². The Morgan fingerprint density at radius 2 is 1.71 bits per heavy atom. The van der Waals surface area contributed by atoms with Crippen molar-refractivity contribution in [2.75, 3.05) is 36.0 Å². The van der Waals surface area contributed by atoms with Crippen molar-refractivity contribution in [3.05, 3.63) is 35.9 Å². The van der Waals surface area contributed by atoms with Crippen LogP contribution in [0.4, 0.5) is 11.4 Å². The van der Waals surface area contributed by atoms with Crippen LogP contribution in [-0.2, 0) is 9.59 Å². The molecule has 2 rings (SSSR count). The third-order valence-electron chi connectivity index (χ3n) is 5.39. The lowest BCUT2D eigenvalue weighted by atomic mass is 9.97. The van der Waals surface area contributed by atoms with E-state index in [0.29, 0.717) is 19.5 Å². The predicted molar refractivity (Wildman–Crippen MR) is 117 cm³/mol. The first-order valence-electron chi connectivity index (χ1n) is 10.6. The van der Waals surface area contributed by atoms with Gasteiger partial charge in [-0.1, -0.05) is 11.6 Å². The molecule has 0 fully saturated rings. The van der Waals surface area contributed by atoms with Crippen LogP contribution < -0.4 is 15.1 Å². The summed E-state index contributed by atoms with van der Waals surface area (Å²) in [6.07, 6.45) is 8.45. The summed E-state index contributed by atoms with van der Waals surface area (Å²) in [6, 6.07) is 8.00. The number of carbonyl (C=O) groups is 2. The molecule has 1 aromatic carbocycles. The number of carbonyl (C=O) groups excluding carboxylic acids is 2. The number of hydrogen-bond acceptors (Lipinski definition) is 3. The van der Waals surface area contributed by atoms with Crippen molar-refractivity contribution < 1.29 is 9.59 Å².